The average Bonchev–Trinajstić information content (AvgIpc) is 2.32. The molecule has 0 aromatic carbocycles. The minimum Gasteiger partial charge on any atom is -0.312 e. The lowest BCUT2D eigenvalue weighted by molar-refractivity contribution is 0.318. The standard InChI is InChI=1S/C8H15N3S/c1-12(2)8-5-10-11(6-8)7-3-9-4-7/h5-7,9,12H,3-4H2,1-2H3. The first-order valence-corrected chi connectivity index (χ1v) is 6.43. The molecule has 68 valence electrons. The van der Waals surface area contributed by atoms with Crippen molar-refractivity contribution in [1.82, 2.24) is 15.1 Å². The molecule has 1 aliphatic rings. The van der Waals surface area contributed by atoms with Crippen LogP contribution in [0.1, 0.15) is 6.04 Å². The molecule has 2 heterocycles. The minimum atomic E-state index is 0.0158. The van der Waals surface area contributed by atoms with Gasteiger partial charge in [0, 0.05) is 24.2 Å². The number of nitrogens with zero attached hydrogens (tertiary/aromatic N) is 2. The first-order valence-electron chi connectivity index (χ1n) is 4.19. The third-order valence-electron chi connectivity index (χ3n) is 2.24. The van der Waals surface area contributed by atoms with Gasteiger partial charge in [-0.2, -0.15) is 5.10 Å². The van der Waals surface area contributed by atoms with Crippen molar-refractivity contribution in [3.05, 3.63) is 12.4 Å². The Bertz CT molecular complexity index is 265. The van der Waals surface area contributed by atoms with Crippen LogP contribution in [0, 0.1) is 0 Å². The van der Waals surface area contributed by atoms with Crippen LogP contribution in [0.15, 0.2) is 17.3 Å². The molecule has 2 rings (SSSR count). The first-order chi connectivity index (χ1) is 5.77. The van der Waals surface area contributed by atoms with E-state index in [0.29, 0.717) is 6.04 Å². The fourth-order valence-electron chi connectivity index (χ4n) is 1.22. The third kappa shape index (κ3) is 1.36. The second-order valence-electron chi connectivity index (χ2n) is 3.39. The van der Waals surface area contributed by atoms with E-state index < -0.39 is 0 Å². The summed E-state index contributed by atoms with van der Waals surface area (Å²) in [4.78, 5) is 1.40. The number of rotatable bonds is 2. The molecule has 1 aliphatic heterocycles. The molecule has 12 heavy (non-hydrogen) atoms. The Hall–Kier alpha value is -0.480. The molecular weight excluding hydrogens is 170 g/mol. The summed E-state index contributed by atoms with van der Waals surface area (Å²) in [5.74, 6) is 0. The van der Waals surface area contributed by atoms with Crippen LogP contribution in [-0.2, 0) is 0 Å². The highest BCUT2D eigenvalue weighted by Gasteiger charge is 2.19. The SMILES string of the molecule is C[SH](C)c1cnn(C2CNC2)c1. The van der Waals surface area contributed by atoms with Gasteiger partial charge in [-0.3, -0.25) is 4.68 Å². The Labute approximate surface area is 75.5 Å². The summed E-state index contributed by atoms with van der Waals surface area (Å²) in [6, 6.07) is 0.605. The summed E-state index contributed by atoms with van der Waals surface area (Å²) >= 11 is 0. The molecule has 0 radical (unpaired) electrons. The van der Waals surface area contributed by atoms with Gasteiger partial charge in [0.1, 0.15) is 0 Å². The third-order valence-corrected chi connectivity index (χ3v) is 3.50. The van der Waals surface area contributed by atoms with Crippen molar-refractivity contribution in [3.8, 4) is 0 Å². The fraction of sp³-hybridized carbons (Fsp3) is 0.625. The Balaban J connectivity index is 2.12. The summed E-state index contributed by atoms with van der Waals surface area (Å²) in [7, 11) is 0.0158. The van der Waals surface area contributed by atoms with E-state index >= 15 is 0 Å². The maximum Gasteiger partial charge on any atom is 0.0768 e. The van der Waals surface area contributed by atoms with Gasteiger partial charge in [0.05, 0.1) is 12.2 Å². The highest BCUT2D eigenvalue weighted by atomic mass is 32.2. The summed E-state index contributed by atoms with van der Waals surface area (Å²) in [6.07, 6.45) is 8.71. The highest BCUT2D eigenvalue weighted by Crippen LogP contribution is 2.28. The summed E-state index contributed by atoms with van der Waals surface area (Å²) in [6.45, 7) is 2.15. The highest BCUT2D eigenvalue weighted by molar-refractivity contribution is 8.15. The van der Waals surface area contributed by atoms with E-state index in [2.05, 4.69) is 33.8 Å². The zero-order chi connectivity index (χ0) is 8.55. The van der Waals surface area contributed by atoms with Gasteiger partial charge >= 0.3 is 0 Å². The van der Waals surface area contributed by atoms with Gasteiger partial charge < -0.3 is 5.32 Å². The van der Waals surface area contributed by atoms with Crippen molar-refractivity contribution < 1.29 is 0 Å². The first kappa shape index (κ1) is 8.13. The summed E-state index contributed by atoms with van der Waals surface area (Å²) in [5.41, 5.74) is 0. The molecule has 3 nitrogen and oxygen atoms in total. The number of hydrogen-bond acceptors (Lipinski definition) is 2. The number of aromatic nitrogens is 2. The van der Waals surface area contributed by atoms with Crippen molar-refractivity contribution in [3.63, 3.8) is 0 Å². The van der Waals surface area contributed by atoms with Crippen molar-refractivity contribution >= 4 is 10.9 Å². The van der Waals surface area contributed by atoms with Gasteiger partial charge in [-0.25, -0.2) is 10.9 Å². The van der Waals surface area contributed by atoms with Gasteiger partial charge in [0.2, 0.25) is 0 Å². The largest absolute Gasteiger partial charge is 0.312 e. The molecular formula is C8H15N3S. The van der Waals surface area contributed by atoms with E-state index in [1.807, 2.05) is 6.20 Å². The Morgan fingerprint density at radius 3 is 2.75 bits per heavy atom. The molecule has 4 heteroatoms. The van der Waals surface area contributed by atoms with Crippen molar-refractivity contribution in [2.75, 3.05) is 25.6 Å². The fourth-order valence-corrected chi connectivity index (χ4v) is 1.85. The lowest BCUT2D eigenvalue weighted by Crippen LogP contribution is -2.43. The zero-order valence-corrected chi connectivity index (χ0v) is 8.38. The van der Waals surface area contributed by atoms with Crippen LogP contribution in [0.25, 0.3) is 0 Å². The molecule has 0 unspecified atom stereocenters. The molecule has 1 N–H and O–H groups in total. The zero-order valence-electron chi connectivity index (χ0n) is 7.49. The predicted octanol–water partition coefficient (Wildman–Crippen LogP) is 0.647. The molecule has 1 fully saturated rings. The van der Waals surface area contributed by atoms with E-state index in [0.717, 1.165) is 13.1 Å². The predicted molar refractivity (Wildman–Crippen MR) is 53.2 cm³/mol. The van der Waals surface area contributed by atoms with Crippen LogP contribution in [0.4, 0.5) is 0 Å². The van der Waals surface area contributed by atoms with Crippen LogP contribution >= 0.6 is 10.9 Å². The maximum absolute atomic E-state index is 4.35. The van der Waals surface area contributed by atoms with Gasteiger partial charge in [0.15, 0.2) is 0 Å². The van der Waals surface area contributed by atoms with Crippen molar-refractivity contribution in [2.45, 2.75) is 10.9 Å². The van der Waals surface area contributed by atoms with Crippen LogP contribution in [0.2, 0.25) is 0 Å². The number of nitrogens with one attached hydrogen (secondary N) is 1. The second-order valence-corrected chi connectivity index (χ2v) is 5.69. The van der Waals surface area contributed by atoms with Crippen LogP contribution in [-0.4, -0.2) is 35.4 Å². The van der Waals surface area contributed by atoms with Gasteiger partial charge in [-0.15, -0.1) is 0 Å². The van der Waals surface area contributed by atoms with Gasteiger partial charge in [0.25, 0.3) is 0 Å². The Morgan fingerprint density at radius 1 is 1.58 bits per heavy atom. The van der Waals surface area contributed by atoms with Gasteiger partial charge in [-0.05, 0) is 12.5 Å². The van der Waals surface area contributed by atoms with E-state index in [1.165, 1.54) is 4.90 Å². The average molecular weight is 185 g/mol. The number of thiol groups is 1. The quantitative estimate of drug-likeness (QED) is 0.663. The lowest BCUT2D eigenvalue weighted by Gasteiger charge is -2.27. The maximum atomic E-state index is 4.35. The molecule has 0 spiro atoms. The Morgan fingerprint density at radius 2 is 2.33 bits per heavy atom. The minimum absolute atomic E-state index is 0.0158. The van der Waals surface area contributed by atoms with E-state index in [9.17, 15) is 0 Å². The number of hydrogen-bond donors (Lipinski definition) is 2. The molecule has 1 aromatic heterocycles. The van der Waals surface area contributed by atoms with Crippen LogP contribution < -0.4 is 5.32 Å². The van der Waals surface area contributed by atoms with E-state index in [4.69, 9.17) is 0 Å². The van der Waals surface area contributed by atoms with Crippen LogP contribution in [0.5, 0.6) is 0 Å². The smallest absolute Gasteiger partial charge is 0.0768 e. The summed E-state index contributed by atoms with van der Waals surface area (Å²) < 4.78 is 2.09. The van der Waals surface area contributed by atoms with Gasteiger partial charge in [-0.1, -0.05) is 0 Å². The molecule has 0 aliphatic carbocycles. The van der Waals surface area contributed by atoms with Crippen molar-refractivity contribution in [2.24, 2.45) is 0 Å². The molecule has 0 atom stereocenters. The lowest BCUT2D eigenvalue weighted by atomic mass is 10.2. The topological polar surface area (TPSA) is 29.9 Å². The molecule has 0 bridgehead atoms. The normalized spacial score (nSPS) is 19.0. The monoisotopic (exact) mass is 185 g/mol. The van der Waals surface area contributed by atoms with Crippen LogP contribution in [0.3, 0.4) is 0 Å². The molecule has 0 amide bonds. The molecule has 0 saturated carbocycles. The van der Waals surface area contributed by atoms with Crippen molar-refractivity contribution in [1.29, 1.82) is 0 Å². The molecule has 1 saturated heterocycles. The van der Waals surface area contributed by atoms with E-state index in [-0.39, 0.29) is 10.9 Å². The second kappa shape index (κ2) is 3.11. The summed E-state index contributed by atoms with van der Waals surface area (Å²) in [5, 5.41) is 7.59. The molecule has 1 aromatic rings. The Kier molecular flexibility index (Phi) is 2.11. The van der Waals surface area contributed by atoms with E-state index in [1.54, 1.807) is 0 Å².